The van der Waals surface area contributed by atoms with Crippen molar-refractivity contribution in [1.82, 2.24) is 10.6 Å². The van der Waals surface area contributed by atoms with E-state index in [4.69, 9.17) is 37.9 Å². The fourth-order valence-corrected chi connectivity index (χ4v) is 4.71. The van der Waals surface area contributed by atoms with Crippen molar-refractivity contribution in [3.05, 3.63) is 63.6 Å². The average Bonchev–Trinajstić information content (AvgIpc) is 2.72. The number of hydrogen-bond acceptors (Lipinski definition) is 5. The van der Waals surface area contributed by atoms with E-state index in [1.807, 2.05) is 6.07 Å². The van der Waals surface area contributed by atoms with Gasteiger partial charge in [-0.1, -0.05) is 35.3 Å². The van der Waals surface area contributed by atoms with Gasteiger partial charge in [-0.3, -0.25) is 9.59 Å². The summed E-state index contributed by atoms with van der Waals surface area (Å²) in [6.07, 6.45) is 2.07. The lowest BCUT2D eigenvalue weighted by Gasteiger charge is -2.70. The number of rotatable bonds is 9. The third-order valence-electron chi connectivity index (χ3n) is 5.66. The van der Waals surface area contributed by atoms with Crippen molar-refractivity contribution in [1.29, 1.82) is 5.26 Å². The van der Waals surface area contributed by atoms with Gasteiger partial charge in [0.15, 0.2) is 6.61 Å². The standard InChI is InChI=1S/C23H21Cl2N3O4/c24-18-5-4-17(7-19(18)25)32-11-21(30)28-23-12-22(13-23,14-23)27-20(29)10-31-9-16-3-1-2-15(6-16)8-26/h1-7H,9-14H2,(H,27,29)(H,28,30). The fraction of sp³-hybridized carbons (Fsp3) is 0.348. The molecule has 2 aromatic rings. The minimum atomic E-state index is -0.274. The van der Waals surface area contributed by atoms with Crippen LogP contribution < -0.4 is 15.4 Å². The van der Waals surface area contributed by atoms with Gasteiger partial charge in [-0.15, -0.1) is 0 Å². The van der Waals surface area contributed by atoms with Crippen LogP contribution in [0.25, 0.3) is 0 Å². The molecule has 0 atom stereocenters. The van der Waals surface area contributed by atoms with E-state index in [9.17, 15) is 9.59 Å². The normalized spacial score (nSPS) is 22.7. The number of halogens is 2. The highest BCUT2D eigenvalue weighted by Gasteiger charge is 2.69. The van der Waals surface area contributed by atoms with Crippen LogP contribution in [0.2, 0.25) is 10.0 Å². The number of ether oxygens (including phenoxy) is 2. The van der Waals surface area contributed by atoms with Gasteiger partial charge in [0, 0.05) is 17.1 Å². The lowest BCUT2D eigenvalue weighted by molar-refractivity contribution is -0.152. The number of nitrogens with one attached hydrogen (secondary N) is 2. The Bertz CT molecular complexity index is 1080. The zero-order valence-electron chi connectivity index (χ0n) is 17.1. The van der Waals surface area contributed by atoms with Crippen molar-refractivity contribution in [2.75, 3.05) is 13.2 Å². The first-order chi connectivity index (χ1) is 15.3. The zero-order valence-corrected chi connectivity index (χ0v) is 18.6. The van der Waals surface area contributed by atoms with Gasteiger partial charge in [0.05, 0.1) is 28.3 Å². The molecule has 0 radical (unpaired) electrons. The van der Waals surface area contributed by atoms with Crippen molar-refractivity contribution in [2.24, 2.45) is 0 Å². The van der Waals surface area contributed by atoms with Crippen LogP contribution in [0.15, 0.2) is 42.5 Å². The van der Waals surface area contributed by atoms with Crippen molar-refractivity contribution >= 4 is 35.0 Å². The smallest absolute Gasteiger partial charge is 0.258 e. The van der Waals surface area contributed by atoms with Crippen LogP contribution in [0.4, 0.5) is 0 Å². The van der Waals surface area contributed by atoms with Crippen molar-refractivity contribution < 1.29 is 19.1 Å². The van der Waals surface area contributed by atoms with E-state index in [1.54, 1.807) is 36.4 Å². The Hall–Kier alpha value is -2.79. The SMILES string of the molecule is N#Cc1cccc(COCC(=O)NC23CC(NC(=O)COc4ccc(Cl)c(Cl)c4)(C2)C3)c1. The molecule has 3 saturated carbocycles. The first-order valence-electron chi connectivity index (χ1n) is 10.1. The van der Waals surface area contributed by atoms with Gasteiger partial charge in [0.25, 0.3) is 5.91 Å². The van der Waals surface area contributed by atoms with Crippen LogP contribution in [0.3, 0.4) is 0 Å². The first-order valence-corrected chi connectivity index (χ1v) is 10.8. The van der Waals surface area contributed by atoms with Gasteiger partial charge in [-0.05, 0) is 49.1 Å². The van der Waals surface area contributed by atoms with Crippen molar-refractivity contribution in [2.45, 2.75) is 36.9 Å². The van der Waals surface area contributed by atoms with Crippen molar-refractivity contribution in [3.8, 4) is 11.8 Å². The van der Waals surface area contributed by atoms with Gasteiger partial charge in [0.1, 0.15) is 12.4 Å². The quantitative estimate of drug-likeness (QED) is 0.581. The molecule has 3 fully saturated rings. The highest BCUT2D eigenvalue weighted by molar-refractivity contribution is 6.42. The summed E-state index contributed by atoms with van der Waals surface area (Å²) in [6, 6.07) is 14.0. The summed E-state index contributed by atoms with van der Waals surface area (Å²) in [7, 11) is 0. The summed E-state index contributed by atoms with van der Waals surface area (Å²) < 4.78 is 10.9. The van der Waals surface area contributed by atoms with E-state index in [1.165, 1.54) is 0 Å². The summed E-state index contributed by atoms with van der Waals surface area (Å²) in [5.74, 6) is 0.0536. The third kappa shape index (κ3) is 4.99. The van der Waals surface area contributed by atoms with E-state index in [2.05, 4.69) is 16.7 Å². The largest absolute Gasteiger partial charge is 0.484 e. The molecule has 2 bridgehead atoms. The monoisotopic (exact) mass is 473 g/mol. The van der Waals surface area contributed by atoms with Crippen LogP contribution in [-0.4, -0.2) is 36.1 Å². The maximum atomic E-state index is 12.2. The number of amides is 2. The minimum Gasteiger partial charge on any atom is -0.484 e. The van der Waals surface area contributed by atoms with Gasteiger partial charge in [0.2, 0.25) is 5.91 Å². The van der Waals surface area contributed by atoms with Gasteiger partial charge in [-0.2, -0.15) is 5.26 Å². The van der Waals surface area contributed by atoms with Crippen LogP contribution in [0, 0.1) is 11.3 Å². The molecule has 5 rings (SSSR count). The number of nitriles is 1. The number of hydrogen-bond donors (Lipinski definition) is 2. The second-order valence-corrected chi connectivity index (χ2v) is 9.17. The molecule has 32 heavy (non-hydrogen) atoms. The highest BCUT2D eigenvalue weighted by Crippen LogP contribution is 2.60. The molecule has 3 aliphatic rings. The van der Waals surface area contributed by atoms with E-state index in [-0.39, 0.29) is 42.7 Å². The molecule has 166 valence electrons. The lowest BCUT2D eigenvalue weighted by atomic mass is 9.44. The molecule has 0 aromatic heterocycles. The molecular formula is C23H21Cl2N3O4. The van der Waals surface area contributed by atoms with Gasteiger partial charge >= 0.3 is 0 Å². The van der Waals surface area contributed by atoms with Crippen LogP contribution in [0.1, 0.15) is 30.4 Å². The van der Waals surface area contributed by atoms with E-state index in [0.29, 0.717) is 40.6 Å². The molecule has 9 heteroatoms. The Balaban J connectivity index is 1.14. The van der Waals surface area contributed by atoms with Crippen molar-refractivity contribution in [3.63, 3.8) is 0 Å². The summed E-state index contributed by atoms with van der Waals surface area (Å²) in [5, 5.41) is 15.7. The maximum Gasteiger partial charge on any atom is 0.258 e. The van der Waals surface area contributed by atoms with E-state index in [0.717, 1.165) is 5.56 Å². The summed E-state index contributed by atoms with van der Waals surface area (Å²) >= 11 is 11.8. The Morgan fingerprint density at radius 1 is 0.969 bits per heavy atom. The predicted molar refractivity (Wildman–Crippen MR) is 118 cm³/mol. The molecular weight excluding hydrogens is 453 g/mol. The molecule has 3 aliphatic carbocycles. The van der Waals surface area contributed by atoms with Crippen LogP contribution in [0.5, 0.6) is 5.75 Å². The van der Waals surface area contributed by atoms with Crippen LogP contribution in [-0.2, 0) is 20.9 Å². The van der Waals surface area contributed by atoms with Gasteiger partial charge in [-0.25, -0.2) is 0 Å². The first kappa shape index (κ1) is 22.4. The number of nitrogens with zero attached hydrogens (tertiary/aromatic N) is 1. The number of benzene rings is 2. The van der Waals surface area contributed by atoms with E-state index < -0.39 is 0 Å². The molecule has 2 aromatic carbocycles. The second kappa shape index (κ2) is 8.99. The highest BCUT2D eigenvalue weighted by atomic mass is 35.5. The van der Waals surface area contributed by atoms with Crippen LogP contribution >= 0.6 is 23.2 Å². The van der Waals surface area contributed by atoms with E-state index >= 15 is 0 Å². The summed E-state index contributed by atoms with van der Waals surface area (Å²) in [4.78, 5) is 24.4. The molecule has 2 amide bonds. The fourth-order valence-electron chi connectivity index (χ4n) is 4.42. The topological polar surface area (TPSA) is 100 Å². The Morgan fingerprint density at radius 3 is 2.31 bits per heavy atom. The lowest BCUT2D eigenvalue weighted by Crippen LogP contribution is -2.84. The summed E-state index contributed by atoms with van der Waals surface area (Å²) in [6.45, 7) is 0.0735. The molecule has 7 nitrogen and oxygen atoms in total. The summed E-state index contributed by atoms with van der Waals surface area (Å²) in [5.41, 5.74) is 0.856. The molecule has 0 saturated heterocycles. The second-order valence-electron chi connectivity index (χ2n) is 8.36. The zero-order chi connectivity index (χ0) is 22.8. The molecule has 2 N–H and O–H groups in total. The predicted octanol–water partition coefficient (Wildman–Crippen LogP) is 3.37. The number of carbonyl (C=O) groups is 2. The van der Waals surface area contributed by atoms with Gasteiger partial charge < -0.3 is 20.1 Å². The third-order valence-corrected chi connectivity index (χ3v) is 6.40. The Kier molecular flexibility index (Phi) is 6.29. The average molecular weight is 474 g/mol. The molecule has 0 spiro atoms. The Labute approximate surface area is 195 Å². The number of carbonyl (C=O) groups excluding carboxylic acids is 2. The molecule has 0 heterocycles. The molecule has 0 unspecified atom stereocenters. The minimum absolute atomic E-state index is 0.0601. The Morgan fingerprint density at radius 2 is 1.66 bits per heavy atom. The maximum absolute atomic E-state index is 12.2. The molecule has 0 aliphatic heterocycles.